The zero-order valence-electron chi connectivity index (χ0n) is 17.3. The fourth-order valence-electron chi connectivity index (χ4n) is 3.70. The molecule has 0 radical (unpaired) electrons. The quantitative estimate of drug-likeness (QED) is 0.204. The van der Waals surface area contributed by atoms with Crippen molar-refractivity contribution >= 4 is 28.8 Å². The highest BCUT2D eigenvalue weighted by molar-refractivity contribution is 6.51. The van der Waals surface area contributed by atoms with Crippen LogP contribution < -0.4 is 9.64 Å². The summed E-state index contributed by atoms with van der Waals surface area (Å²) >= 11 is 0. The average Bonchev–Trinajstić information content (AvgIpc) is 3.09. The third-order valence-corrected chi connectivity index (χ3v) is 5.33. The van der Waals surface area contributed by atoms with Crippen molar-refractivity contribution in [1.82, 2.24) is 0 Å². The number of aliphatic hydroxyl groups is 1. The number of nitrogens with zero attached hydrogens (tertiary/aromatic N) is 2. The van der Waals surface area contributed by atoms with Crippen molar-refractivity contribution in [1.29, 1.82) is 0 Å². The summed E-state index contributed by atoms with van der Waals surface area (Å²) in [6.45, 7) is 0. The monoisotopic (exact) mass is 448 g/mol. The molecule has 33 heavy (non-hydrogen) atoms. The van der Waals surface area contributed by atoms with E-state index in [1.54, 1.807) is 24.3 Å². The number of ether oxygens (including phenoxy) is 1. The summed E-state index contributed by atoms with van der Waals surface area (Å²) in [5.41, 5.74) is 0.504. The Morgan fingerprint density at radius 2 is 1.61 bits per heavy atom. The van der Waals surface area contributed by atoms with E-state index in [1.807, 2.05) is 0 Å². The van der Waals surface area contributed by atoms with Crippen LogP contribution in [-0.2, 0) is 9.59 Å². The van der Waals surface area contributed by atoms with Crippen molar-refractivity contribution in [2.24, 2.45) is 0 Å². The molecule has 1 aliphatic heterocycles. The van der Waals surface area contributed by atoms with Crippen molar-refractivity contribution in [3.05, 3.63) is 105 Å². The molecule has 3 aromatic carbocycles. The predicted molar refractivity (Wildman–Crippen MR) is 117 cm³/mol. The lowest BCUT2D eigenvalue weighted by molar-refractivity contribution is -0.384. The SMILES string of the molecule is COc1ccc(N2C(=O)C(=O)C(=C(O)c3ccc(F)cc3)C2c2ccc([N+](=O)[O-])cc2)cc1. The number of anilines is 1. The molecule has 1 unspecified atom stereocenters. The number of aliphatic hydroxyl groups excluding tert-OH is 1. The first kappa shape index (κ1) is 21.7. The molecular weight excluding hydrogens is 431 g/mol. The number of hydrogen-bond donors (Lipinski definition) is 1. The molecule has 1 amide bonds. The van der Waals surface area contributed by atoms with Gasteiger partial charge in [-0.15, -0.1) is 0 Å². The molecule has 0 saturated carbocycles. The van der Waals surface area contributed by atoms with E-state index in [0.29, 0.717) is 17.0 Å². The first-order valence-electron chi connectivity index (χ1n) is 9.77. The maximum atomic E-state index is 13.4. The van der Waals surface area contributed by atoms with Crippen LogP contribution in [0.5, 0.6) is 5.75 Å². The van der Waals surface area contributed by atoms with Crippen molar-refractivity contribution < 1.29 is 28.7 Å². The van der Waals surface area contributed by atoms with Gasteiger partial charge in [-0.05, 0) is 66.2 Å². The molecule has 0 aliphatic carbocycles. The molecule has 166 valence electrons. The van der Waals surface area contributed by atoms with Crippen LogP contribution in [0.4, 0.5) is 15.8 Å². The Kier molecular flexibility index (Phi) is 5.61. The first-order chi connectivity index (χ1) is 15.8. The summed E-state index contributed by atoms with van der Waals surface area (Å²) in [5.74, 6) is -2.29. The number of rotatable bonds is 5. The Labute approximate surface area is 187 Å². The maximum Gasteiger partial charge on any atom is 0.300 e. The number of hydrogen-bond acceptors (Lipinski definition) is 6. The normalized spacial score (nSPS) is 17.3. The van der Waals surface area contributed by atoms with Crippen molar-refractivity contribution in [2.45, 2.75) is 6.04 Å². The number of amides is 1. The van der Waals surface area contributed by atoms with Crippen LogP contribution in [0, 0.1) is 15.9 Å². The molecule has 3 aromatic rings. The zero-order valence-corrected chi connectivity index (χ0v) is 17.3. The van der Waals surface area contributed by atoms with Gasteiger partial charge in [0, 0.05) is 23.4 Å². The number of nitro groups is 1. The van der Waals surface area contributed by atoms with E-state index in [-0.39, 0.29) is 16.8 Å². The van der Waals surface area contributed by atoms with Gasteiger partial charge in [0.05, 0.1) is 23.6 Å². The Bertz CT molecular complexity index is 1270. The number of carbonyl (C=O) groups is 2. The minimum Gasteiger partial charge on any atom is -0.507 e. The molecule has 1 saturated heterocycles. The lowest BCUT2D eigenvalue weighted by atomic mass is 9.95. The van der Waals surface area contributed by atoms with Gasteiger partial charge in [0.1, 0.15) is 17.3 Å². The molecular formula is C24H17FN2O6. The van der Waals surface area contributed by atoms with Crippen LogP contribution in [0.15, 0.2) is 78.4 Å². The lowest BCUT2D eigenvalue weighted by Crippen LogP contribution is -2.29. The summed E-state index contributed by atoms with van der Waals surface area (Å²) in [4.78, 5) is 37.8. The van der Waals surface area contributed by atoms with Crippen molar-refractivity contribution in [3.8, 4) is 5.75 Å². The lowest BCUT2D eigenvalue weighted by Gasteiger charge is -2.25. The standard InChI is InChI=1S/C24H17FN2O6/c1-33-19-12-10-17(11-13-19)26-21(14-4-8-18(9-5-14)27(31)32)20(23(29)24(26)30)22(28)15-2-6-16(25)7-3-15/h2-13,21,28H,1H3. The molecule has 1 heterocycles. The second-order valence-corrected chi connectivity index (χ2v) is 7.22. The summed E-state index contributed by atoms with van der Waals surface area (Å²) in [6.07, 6.45) is 0. The third kappa shape index (κ3) is 3.91. The fraction of sp³-hybridized carbons (Fsp3) is 0.0833. The number of benzene rings is 3. The summed E-state index contributed by atoms with van der Waals surface area (Å²) in [7, 11) is 1.49. The van der Waals surface area contributed by atoms with Crippen LogP contribution in [0.3, 0.4) is 0 Å². The van der Waals surface area contributed by atoms with Gasteiger partial charge in [0.2, 0.25) is 0 Å². The topological polar surface area (TPSA) is 110 Å². The van der Waals surface area contributed by atoms with Crippen LogP contribution in [0.25, 0.3) is 5.76 Å². The van der Waals surface area contributed by atoms with E-state index in [2.05, 4.69) is 0 Å². The number of carbonyl (C=O) groups excluding carboxylic acids is 2. The van der Waals surface area contributed by atoms with Gasteiger partial charge < -0.3 is 9.84 Å². The molecule has 0 aromatic heterocycles. The molecule has 9 heteroatoms. The second-order valence-electron chi connectivity index (χ2n) is 7.22. The summed E-state index contributed by atoms with van der Waals surface area (Å²) < 4.78 is 18.5. The van der Waals surface area contributed by atoms with Crippen LogP contribution in [0.1, 0.15) is 17.2 Å². The highest BCUT2D eigenvalue weighted by atomic mass is 19.1. The van der Waals surface area contributed by atoms with Crippen molar-refractivity contribution in [3.63, 3.8) is 0 Å². The largest absolute Gasteiger partial charge is 0.507 e. The highest BCUT2D eigenvalue weighted by Gasteiger charge is 2.47. The van der Waals surface area contributed by atoms with Crippen LogP contribution >= 0.6 is 0 Å². The molecule has 0 bridgehead atoms. The number of non-ortho nitro benzene ring substituents is 1. The number of halogens is 1. The Balaban J connectivity index is 1.91. The number of methoxy groups -OCH3 is 1. The van der Waals surface area contributed by atoms with E-state index in [9.17, 15) is 29.2 Å². The zero-order chi connectivity index (χ0) is 23.7. The summed E-state index contributed by atoms with van der Waals surface area (Å²) in [6, 6.07) is 15.5. The van der Waals surface area contributed by atoms with Gasteiger partial charge in [-0.25, -0.2) is 4.39 Å². The molecule has 8 nitrogen and oxygen atoms in total. The van der Waals surface area contributed by atoms with E-state index < -0.39 is 34.2 Å². The summed E-state index contributed by atoms with van der Waals surface area (Å²) in [5, 5.41) is 22.0. The minimum absolute atomic E-state index is 0.149. The van der Waals surface area contributed by atoms with Gasteiger partial charge >= 0.3 is 0 Å². The number of ketones is 1. The smallest absolute Gasteiger partial charge is 0.300 e. The molecule has 1 fully saturated rings. The molecule has 1 N–H and O–H groups in total. The van der Waals surface area contributed by atoms with Crippen LogP contribution in [-0.4, -0.2) is 28.8 Å². The van der Waals surface area contributed by atoms with Gasteiger partial charge in [-0.1, -0.05) is 0 Å². The van der Waals surface area contributed by atoms with E-state index in [1.165, 1.54) is 48.4 Å². The van der Waals surface area contributed by atoms with E-state index in [0.717, 1.165) is 12.1 Å². The number of Topliss-reactive ketones (excluding diaryl/α,β-unsaturated/α-hetero) is 1. The Morgan fingerprint density at radius 1 is 1.00 bits per heavy atom. The fourth-order valence-corrected chi connectivity index (χ4v) is 3.70. The Morgan fingerprint density at radius 3 is 2.15 bits per heavy atom. The molecule has 1 aliphatic rings. The number of nitro benzene ring substituents is 1. The van der Waals surface area contributed by atoms with Gasteiger partial charge in [0.15, 0.2) is 0 Å². The van der Waals surface area contributed by atoms with E-state index >= 15 is 0 Å². The van der Waals surface area contributed by atoms with Crippen molar-refractivity contribution in [2.75, 3.05) is 12.0 Å². The van der Waals surface area contributed by atoms with Crippen LogP contribution in [0.2, 0.25) is 0 Å². The maximum absolute atomic E-state index is 13.4. The van der Waals surface area contributed by atoms with E-state index in [4.69, 9.17) is 4.74 Å². The predicted octanol–water partition coefficient (Wildman–Crippen LogP) is 4.37. The average molecular weight is 448 g/mol. The molecule has 4 rings (SSSR count). The Hall–Kier alpha value is -4.53. The first-order valence-corrected chi connectivity index (χ1v) is 9.77. The molecule has 0 spiro atoms. The third-order valence-electron chi connectivity index (χ3n) is 5.33. The van der Waals surface area contributed by atoms with Gasteiger partial charge in [-0.2, -0.15) is 0 Å². The van der Waals surface area contributed by atoms with Gasteiger partial charge in [-0.3, -0.25) is 24.6 Å². The second kappa shape index (κ2) is 8.54. The minimum atomic E-state index is -1.07. The highest BCUT2D eigenvalue weighted by Crippen LogP contribution is 2.42. The van der Waals surface area contributed by atoms with Gasteiger partial charge in [0.25, 0.3) is 17.4 Å². The molecule has 1 atom stereocenters.